The molecular weight excluding hydrogens is 614 g/mol. The van der Waals surface area contributed by atoms with Gasteiger partial charge in [0.15, 0.2) is 0 Å². The molecule has 0 bridgehead atoms. The molecule has 5 heteroatoms. The van der Waals surface area contributed by atoms with Gasteiger partial charge in [-0.15, -0.1) is 0 Å². The molecule has 0 amide bonds. The highest BCUT2D eigenvalue weighted by Crippen LogP contribution is 2.52. The molecule has 0 spiro atoms. The maximum atomic E-state index is 12.5. The molecule has 0 N–H and O–H groups in total. The van der Waals surface area contributed by atoms with Gasteiger partial charge in [0.25, 0.3) is 0 Å². The molecule has 0 saturated heterocycles. The number of halogens is 2. The molecule has 0 atom stereocenters. The SMILES string of the molecule is CCCCN(CCCC)c1ccc(/C=C/C(=O)OCCCC2(C)c3cc(Br)ccc3-c3ccc(Br)cc32)cc1. The van der Waals surface area contributed by atoms with E-state index in [2.05, 4.69) is 118 Å². The summed E-state index contributed by atoms with van der Waals surface area (Å²) in [5.41, 5.74) is 7.33. The standard InChI is InChI=1S/C34H39Br2NO2/c1-4-6-20-37(21-7-5-2)28-14-9-25(10-15-28)11-18-33(38)39-22-8-19-34(3)31-23-26(35)12-16-29(31)30-17-13-27(36)24-32(30)34/h9-18,23-24H,4-8,19-22H2,1-3H3/b18-11+. The number of hydrogen-bond acceptors (Lipinski definition) is 3. The number of fused-ring (bicyclic) bond motifs is 3. The lowest BCUT2D eigenvalue weighted by Gasteiger charge is -2.27. The van der Waals surface area contributed by atoms with Crippen molar-refractivity contribution in [2.45, 2.75) is 64.7 Å². The predicted molar refractivity (Wildman–Crippen MR) is 171 cm³/mol. The van der Waals surface area contributed by atoms with Crippen molar-refractivity contribution in [3.05, 3.63) is 92.4 Å². The van der Waals surface area contributed by atoms with Crippen LogP contribution in [0.5, 0.6) is 0 Å². The molecule has 3 aromatic rings. The second-order valence-corrected chi connectivity index (χ2v) is 12.4. The first-order valence-electron chi connectivity index (χ1n) is 14.2. The van der Waals surface area contributed by atoms with Gasteiger partial charge in [-0.25, -0.2) is 4.79 Å². The highest BCUT2D eigenvalue weighted by Gasteiger charge is 2.39. The van der Waals surface area contributed by atoms with Gasteiger partial charge in [0.2, 0.25) is 0 Å². The van der Waals surface area contributed by atoms with Crippen molar-refractivity contribution in [1.29, 1.82) is 0 Å². The van der Waals surface area contributed by atoms with E-state index in [0.29, 0.717) is 6.61 Å². The van der Waals surface area contributed by atoms with Crippen LogP contribution < -0.4 is 4.90 Å². The largest absolute Gasteiger partial charge is 0.463 e. The van der Waals surface area contributed by atoms with E-state index in [0.717, 1.165) is 40.4 Å². The van der Waals surface area contributed by atoms with Gasteiger partial charge in [-0.3, -0.25) is 0 Å². The molecule has 3 nitrogen and oxygen atoms in total. The van der Waals surface area contributed by atoms with Gasteiger partial charge in [-0.1, -0.05) is 89.7 Å². The van der Waals surface area contributed by atoms with E-state index < -0.39 is 0 Å². The van der Waals surface area contributed by atoms with Gasteiger partial charge in [0.1, 0.15) is 0 Å². The number of rotatable bonds is 13. The Morgan fingerprint density at radius 1 is 0.846 bits per heavy atom. The first-order chi connectivity index (χ1) is 18.9. The quantitative estimate of drug-likeness (QED) is 0.105. The van der Waals surface area contributed by atoms with Gasteiger partial charge in [0, 0.05) is 39.2 Å². The van der Waals surface area contributed by atoms with E-state index >= 15 is 0 Å². The number of unbranched alkanes of at least 4 members (excludes halogenated alkanes) is 2. The van der Waals surface area contributed by atoms with Crippen LogP contribution >= 0.6 is 31.9 Å². The zero-order valence-corrected chi connectivity index (χ0v) is 26.5. The summed E-state index contributed by atoms with van der Waals surface area (Å²) in [6.07, 6.45) is 9.85. The monoisotopic (exact) mass is 651 g/mol. The Kier molecular flexibility index (Phi) is 10.5. The number of ether oxygens (including phenoxy) is 1. The average molecular weight is 653 g/mol. The lowest BCUT2D eigenvalue weighted by Crippen LogP contribution is -2.25. The van der Waals surface area contributed by atoms with Gasteiger partial charge in [-0.2, -0.15) is 0 Å². The Labute approximate surface area is 250 Å². The summed E-state index contributed by atoms with van der Waals surface area (Å²) in [4.78, 5) is 14.9. The van der Waals surface area contributed by atoms with Crippen molar-refractivity contribution >= 4 is 49.6 Å². The van der Waals surface area contributed by atoms with Crippen LogP contribution in [0.2, 0.25) is 0 Å². The second kappa shape index (κ2) is 13.8. The summed E-state index contributed by atoms with van der Waals surface area (Å²) in [6, 6.07) is 21.5. The van der Waals surface area contributed by atoms with E-state index in [1.165, 1.54) is 59.7 Å². The fourth-order valence-electron chi connectivity index (χ4n) is 5.51. The van der Waals surface area contributed by atoms with E-state index in [9.17, 15) is 4.79 Å². The third-order valence-electron chi connectivity index (χ3n) is 7.74. The van der Waals surface area contributed by atoms with Crippen molar-refractivity contribution in [3.8, 4) is 11.1 Å². The summed E-state index contributed by atoms with van der Waals surface area (Å²) in [5.74, 6) is -0.297. The maximum Gasteiger partial charge on any atom is 0.330 e. The Balaban J connectivity index is 1.32. The second-order valence-electron chi connectivity index (χ2n) is 10.6. The summed E-state index contributed by atoms with van der Waals surface area (Å²) in [7, 11) is 0. The predicted octanol–water partition coefficient (Wildman–Crippen LogP) is 9.94. The molecule has 1 aliphatic rings. The molecule has 206 valence electrons. The normalized spacial score (nSPS) is 13.4. The van der Waals surface area contributed by atoms with Crippen LogP contribution in [0, 0.1) is 0 Å². The van der Waals surface area contributed by atoms with Crippen LogP contribution in [0.15, 0.2) is 75.7 Å². The molecule has 4 rings (SSSR count). The van der Waals surface area contributed by atoms with E-state index in [1.54, 1.807) is 0 Å². The van der Waals surface area contributed by atoms with Crippen LogP contribution in [0.3, 0.4) is 0 Å². The smallest absolute Gasteiger partial charge is 0.330 e. The fourth-order valence-corrected chi connectivity index (χ4v) is 6.23. The zero-order chi connectivity index (χ0) is 27.8. The minimum atomic E-state index is -0.297. The number of esters is 1. The summed E-state index contributed by atoms with van der Waals surface area (Å²) >= 11 is 7.31. The van der Waals surface area contributed by atoms with Crippen molar-refractivity contribution < 1.29 is 9.53 Å². The Morgan fingerprint density at radius 2 is 1.41 bits per heavy atom. The Morgan fingerprint density at radius 3 is 1.95 bits per heavy atom. The number of carbonyl (C=O) groups is 1. The fraction of sp³-hybridized carbons (Fsp3) is 0.382. The van der Waals surface area contributed by atoms with Gasteiger partial charge in [-0.05, 0) is 96.0 Å². The highest BCUT2D eigenvalue weighted by atomic mass is 79.9. The molecule has 0 heterocycles. The molecule has 0 aromatic heterocycles. The van der Waals surface area contributed by atoms with Crippen molar-refractivity contribution in [2.24, 2.45) is 0 Å². The number of benzene rings is 3. The third-order valence-corrected chi connectivity index (χ3v) is 8.73. The lowest BCUT2D eigenvalue weighted by molar-refractivity contribution is -0.137. The molecule has 0 saturated carbocycles. The van der Waals surface area contributed by atoms with Gasteiger partial charge >= 0.3 is 5.97 Å². The minimum absolute atomic E-state index is 0.135. The van der Waals surface area contributed by atoms with Crippen LogP contribution in [-0.4, -0.2) is 25.7 Å². The molecule has 0 fully saturated rings. The third kappa shape index (κ3) is 7.24. The van der Waals surface area contributed by atoms with Crippen molar-refractivity contribution in [1.82, 2.24) is 0 Å². The first-order valence-corrected chi connectivity index (χ1v) is 15.7. The molecule has 0 radical (unpaired) electrons. The van der Waals surface area contributed by atoms with E-state index in [1.807, 2.05) is 6.08 Å². The van der Waals surface area contributed by atoms with Gasteiger partial charge < -0.3 is 9.64 Å². The Bertz CT molecular complexity index is 1240. The molecule has 1 aliphatic carbocycles. The van der Waals surface area contributed by atoms with E-state index in [-0.39, 0.29) is 11.4 Å². The molecular formula is C34H39Br2NO2. The van der Waals surface area contributed by atoms with E-state index in [4.69, 9.17) is 4.74 Å². The topological polar surface area (TPSA) is 29.5 Å². The average Bonchev–Trinajstić information content (AvgIpc) is 3.17. The highest BCUT2D eigenvalue weighted by molar-refractivity contribution is 9.10. The summed E-state index contributed by atoms with van der Waals surface area (Å²) in [5, 5.41) is 0. The van der Waals surface area contributed by atoms with Crippen LogP contribution in [0.25, 0.3) is 17.2 Å². The summed E-state index contributed by atoms with van der Waals surface area (Å²) in [6.45, 7) is 9.33. The number of anilines is 1. The molecule has 0 aliphatic heterocycles. The van der Waals surface area contributed by atoms with Gasteiger partial charge in [0.05, 0.1) is 6.61 Å². The zero-order valence-electron chi connectivity index (χ0n) is 23.3. The number of nitrogens with zero attached hydrogens (tertiary/aromatic N) is 1. The molecule has 3 aromatic carbocycles. The van der Waals surface area contributed by atoms with Crippen LogP contribution in [0.1, 0.15) is 76.0 Å². The van der Waals surface area contributed by atoms with Crippen LogP contribution in [0.4, 0.5) is 5.69 Å². The number of carbonyl (C=O) groups excluding carboxylic acids is 1. The Hall–Kier alpha value is -2.37. The maximum absolute atomic E-state index is 12.5. The lowest BCUT2D eigenvalue weighted by atomic mass is 9.76. The van der Waals surface area contributed by atoms with Crippen LogP contribution in [-0.2, 0) is 14.9 Å². The first kappa shape index (κ1) is 29.6. The molecule has 0 unspecified atom stereocenters. The van der Waals surface area contributed by atoms with Crippen molar-refractivity contribution in [2.75, 3.05) is 24.6 Å². The molecule has 39 heavy (non-hydrogen) atoms. The number of hydrogen-bond donors (Lipinski definition) is 0. The van der Waals surface area contributed by atoms with Crippen molar-refractivity contribution in [3.63, 3.8) is 0 Å². The minimum Gasteiger partial charge on any atom is -0.463 e. The summed E-state index contributed by atoms with van der Waals surface area (Å²) < 4.78 is 7.75.